The molecule has 0 aliphatic carbocycles. The van der Waals surface area contributed by atoms with Gasteiger partial charge in [-0.25, -0.2) is 0 Å². The Morgan fingerprint density at radius 2 is 1.09 bits per heavy atom. The predicted octanol–water partition coefficient (Wildman–Crippen LogP) is 6.61. The van der Waals surface area contributed by atoms with Gasteiger partial charge in [-0.1, -0.05) is 78.9 Å². The molecule has 0 saturated heterocycles. The van der Waals surface area contributed by atoms with Crippen LogP contribution in [0.15, 0.2) is 78.9 Å². The third-order valence-corrected chi connectivity index (χ3v) is 4.95. The zero-order valence-corrected chi connectivity index (χ0v) is 13.0. The number of aryl methyl sites for hydroxylation is 1. The monoisotopic (exact) mass is 292 g/mol. The van der Waals surface area contributed by atoms with Crippen LogP contribution in [0.3, 0.4) is 0 Å². The van der Waals surface area contributed by atoms with Gasteiger partial charge in [-0.05, 0) is 55.6 Å². The van der Waals surface area contributed by atoms with Crippen molar-refractivity contribution in [3.8, 4) is 0 Å². The van der Waals surface area contributed by atoms with Gasteiger partial charge in [-0.15, -0.1) is 0 Å². The molecule has 0 aliphatic rings. The zero-order chi connectivity index (χ0) is 15.4. The smallest absolute Gasteiger partial charge is 0.00265 e. The molecule has 23 heavy (non-hydrogen) atoms. The van der Waals surface area contributed by atoms with Crippen molar-refractivity contribution in [2.75, 3.05) is 0 Å². The van der Waals surface area contributed by atoms with Crippen LogP contribution >= 0.6 is 0 Å². The van der Waals surface area contributed by atoms with E-state index in [2.05, 4.69) is 85.8 Å². The van der Waals surface area contributed by atoms with E-state index in [1.165, 1.54) is 48.7 Å². The van der Waals surface area contributed by atoms with Crippen LogP contribution in [0.5, 0.6) is 0 Å². The third kappa shape index (κ3) is 1.72. The molecule has 0 aromatic heterocycles. The van der Waals surface area contributed by atoms with Gasteiger partial charge in [0.05, 0.1) is 0 Å². The van der Waals surface area contributed by atoms with Gasteiger partial charge in [0, 0.05) is 0 Å². The topological polar surface area (TPSA) is 0 Å². The van der Waals surface area contributed by atoms with Crippen molar-refractivity contribution in [1.29, 1.82) is 0 Å². The molecule has 0 heterocycles. The van der Waals surface area contributed by atoms with Gasteiger partial charge < -0.3 is 0 Å². The molecule has 0 atom stereocenters. The first kappa shape index (κ1) is 12.7. The molecule has 0 heteroatoms. The van der Waals surface area contributed by atoms with Gasteiger partial charge in [-0.2, -0.15) is 0 Å². The van der Waals surface area contributed by atoms with Crippen LogP contribution in [-0.4, -0.2) is 0 Å². The third-order valence-electron chi connectivity index (χ3n) is 4.95. The summed E-state index contributed by atoms with van der Waals surface area (Å²) < 4.78 is 0. The van der Waals surface area contributed by atoms with E-state index >= 15 is 0 Å². The minimum Gasteiger partial charge on any atom is -0.0616 e. The molecule has 0 bridgehead atoms. The number of fused-ring (bicyclic) bond motifs is 7. The molecule has 0 unspecified atom stereocenters. The van der Waals surface area contributed by atoms with Crippen LogP contribution in [0.4, 0.5) is 0 Å². The molecule has 5 rings (SSSR count). The van der Waals surface area contributed by atoms with Crippen LogP contribution in [-0.2, 0) is 0 Å². The largest absolute Gasteiger partial charge is 0.0616 e. The zero-order valence-electron chi connectivity index (χ0n) is 13.0. The van der Waals surface area contributed by atoms with Gasteiger partial charge in [0.25, 0.3) is 0 Å². The van der Waals surface area contributed by atoms with Gasteiger partial charge in [-0.3, -0.25) is 0 Å². The molecule has 5 aromatic carbocycles. The standard InChI is InChI=1S/C23H16/c1-15-14-22-21(20-9-5-4-7-18(15)20)13-12-17-11-10-16-6-2-3-8-19(16)23(17)22/h2-14H,1H3. The molecule has 5 aromatic rings. The highest BCUT2D eigenvalue weighted by molar-refractivity contribution is 6.25. The van der Waals surface area contributed by atoms with Crippen LogP contribution in [0.1, 0.15) is 5.56 Å². The summed E-state index contributed by atoms with van der Waals surface area (Å²) in [6, 6.07) is 28.7. The first-order chi connectivity index (χ1) is 11.3. The Hall–Kier alpha value is -2.86. The molecule has 0 N–H and O–H groups in total. The first-order valence-corrected chi connectivity index (χ1v) is 8.05. The van der Waals surface area contributed by atoms with Crippen LogP contribution in [0.25, 0.3) is 43.1 Å². The highest BCUT2D eigenvalue weighted by Gasteiger charge is 2.09. The first-order valence-electron chi connectivity index (χ1n) is 8.05. The molecular weight excluding hydrogens is 276 g/mol. The molecule has 108 valence electrons. The summed E-state index contributed by atoms with van der Waals surface area (Å²) >= 11 is 0. The van der Waals surface area contributed by atoms with Crippen molar-refractivity contribution in [2.24, 2.45) is 0 Å². The van der Waals surface area contributed by atoms with E-state index in [-0.39, 0.29) is 0 Å². The number of hydrogen-bond donors (Lipinski definition) is 0. The second-order valence-electron chi connectivity index (χ2n) is 6.28. The van der Waals surface area contributed by atoms with Crippen molar-refractivity contribution in [2.45, 2.75) is 6.92 Å². The molecule has 0 amide bonds. The van der Waals surface area contributed by atoms with E-state index < -0.39 is 0 Å². The summed E-state index contributed by atoms with van der Waals surface area (Å²) in [4.78, 5) is 0. The molecule has 0 fully saturated rings. The minimum atomic E-state index is 1.30. The average molecular weight is 292 g/mol. The second-order valence-corrected chi connectivity index (χ2v) is 6.28. The molecule has 0 radical (unpaired) electrons. The van der Waals surface area contributed by atoms with Gasteiger partial charge >= 0.3 is 0 Å². The van der Waals surface area contributed by atoms with E-state index in [4.69, 9.17) is 0 Å². The minimum absolute atomic E-state index is 1.30. The summed E-state index contributed by atoms with van der Waals surface area (Å²) in [6.07, 6.45) is 0. The fourth-order valence-electron chi connectivity index (χ4n) is 3.87. The second kappa shape index (κ2) is 4.57. The summed E-state index contributed by atoms with van der Waals surface area (Å²) in [5.41, 5.74) is 1.34. The number of benzene rings is 5. The normalized spacial score (nSPS) is 11.7. The Labute approximate surface area is 135 Å². The summed E-state index contributed by atoms with van der Waals surface area (Å²) in [5.74, 6) is 0. The molecular formula is C23H16. The fraction of sp³-hybridized carbons (Fsp3) is 0.0435. The van der Waals surface area contributed by atoms with E-state index in [0.717, 1.165) is 0 Å². The lowest BCUT2D eigenvalue weighted by molar-refractivity contribution is 1.56. The van der Waals surface area contributed by atoms with Crippen molar-refractivity contribution < 1.29 is 0 Å². The lowest BCUT2D eigenvalue weighted by Gasteiger charge is -2.12. The number of rotatable bonds is 0. The van der Waals surface area contributed by atoms with E-state index in [1.807, 2.05) is 0 Å². The highest BCUT2D eigenvalue weighted by Crippen LogP contribution is 2.36. The van der Waals surface area contributed by atoms with Crippen LogP contribution in [0, 0.1) is 6.92 Å². The van der Waals surface area contributed by atoms with E-state index in [9.17, 15) is 0 Å². The van der Waals surface area contributed by atoms with E-state index in [0.29, 0.717) is 0 Å². The predicted molar refractivity (Wildman–Crippen MR) is 101 cm³/mol. The van der Waals surface area contributed by atoms with Crippen LogP contribution < -0.4 is 0 Å². The average Bonchev–Trinajstić information content (AvgIpc) is 2.61. The Morgan fingerprint density at radius 1 is 0.478 bits per heavy atom. The fourth-order valence-corrected chi connectivity index (χ4v) is 3.87. The van der Waals surface area contributed by atoms with Crippen molar-refractivity contribution in [3.63, 3.8) is 0 Å². The summed E-state index contributed by atoms with van der Waals surface area (Å²) in [6.45, 7) is 2.21. The molecule has 0 spiro atoms. The van der Waals surface area contributed by atoms with Gasteiger partial charge in [0.15, 0.2) is 0 Å². The van der Waals surface area contributed by atoms with Gasteiger partial charge in [0.2, 0.25) is 0 Å². The number of hydrogen-bond acceptors (Lipinski definition) is 0. The van der Waals surface area contributed by atoms with Crippen LogP contribution in [0.2, 0.25) is 0 Å². The maximum Gasteiger partial charge on any atom is -0.00265 e. The Balaban J connectivity index is 2.14. The maximum atomic E-state index is 2.35. The lowest BCUT2D eigenvalue weighted by atomic mass is 9.92. The summed E-state index contributed by atoms with van der Waals surface area (Å²) in [5, 5.41) is 10.7. The Kier molecular flexibility index (Phi) is 2.51. The summed E-state index contributed by atoms with van der Waals surface area (Å²) in [7, 11) is 0. The van der Waals surface area contributed by atoms with Crippen molar-refractivity contribution in [1.82, 2.24) is 0 Å². The molecule has 0 nitrogen and oxygen atoms in total. The van der Waals surface area contributed by atoms with Crippen molar-refractivity contribution in [3.05, 3.63) is 84.4 Å². The van der Waals surface area contributed by atoms with Gasteiger partial charge in [0.1, 0.15) is 0 Å². The SMILES string of the molecule is Cc1cc2c(ccc3ccc4ccccc4c32)c2ccccc12. The molecule has 0 aliphatic heterocycles. The Morgan fingerprint density at radius 3 is 1.96 bits per heavy atom. The lowest BCUT2D eigenvalue weighted by Crippen LogP contribution is -1.85. The maximum absolute atomic E-state index is 2.35. The quantitative estimate of drug-likeness (QED) is 0.282. The van der Waals surface area contributed by atoms with Crippen molar-refractivity contribution >= 4 is 43.1 Å². The molecule has 0 saturated carbocycles. The Bertz CT molecular complexity index is 1210. The highest BCUT2D eigenvalue weighted by atomic mass is 14.1. The van der Waals surface area contributed by atoms with E-state index in [1.54, 1.807) is 0 Å².